The fourth-order valence-corrected chi connectivity index (χ4v) is 3.44. The Morgan fingerprint density at radius 3 is 2.50 bits per heavy atom. The van der Waals surface area contributed by atoms with E-state index >= 15 is 0 Å². The van der Waals surface area contributed by atoms with Crippen molar-refractivity contribution in [3.8, 4) is 0 Å². The minimum atomic E-state index is 0.566. The molecule has 0 bridgehead atoms. The summed E-state index contributed by atoms with van der Waals surface area (Å²) >= 11 is 0. The SMILES string of the molecule is CCCNC1c2cc(CC)ccc2C(CC)C1C. The van der Waals surface area contributed by atoms with Crippen molar-refractivity contribution in [2.45, 2.75) is 58.9 Å². The molecule has 0 radical (unpaired) electrons. The summed E-state index contributed by atoms with van der Waals surface area (Å²) in [4.78, 5) is 0. The third-order valence-corrected chi connectivity index (χ3v) is 4.51. The smallest absolute Gasteiger partial charge is 0.0354 e. The lowest BCUT2D eigenvalue weighted by Gasteiger charge is -2.21. The summed E-state index contributed by atoms with van der Waals surface area (Å²) < 4.78 is 0. The van der Waals surface area contributed by atoms with E-state index in [-0.39, 0.29) is 0 Å². The van der Waals surface area contributed by atoms with Crippen molar-refractivity contribution < 1.29 is 0 Å². The van der Waals surface area contributed by atoms with Gasteiger partial charge in [-0.2, -0.15) is 0 Å². The summed E-state index contributed by atoms with van der Waals surface area (Å²) in [5.41, 5.74) is 4.64. The Morgan fingerprint density at radius 2 is 1.89 bits per heavy atom. The average molecular weight is 245 g/mol. The van der Waals surface area contributed by atoms with Crippen molar-refractivity contribution in [1.82, 2.24) is 5.32 Å². The van der Waals surface area contributed by atoms with Crippen LogP contribution in [-0.2, 0) is 6.42 Å². The van der Waals surface area contributed by atoms with E-state index in [1.165, 1.54) is 18.4 Å². The molecule has 0 fully saturated rings. The number of hydrogen-bond acceptors (Lipinski definition) is 1. The summed E-state index contributed by atoms with van der Waals surface area (Å²) in [5, 5.41) is 3.75. The van der Waals surface area contributed by atoms with Gasteiger partial charge in [0, 0.05) is 6.04 Å². The quantitative estimate of drug-likeness (QED) is 0.809. The minimum absolute atomic E-state index is 0.566. The van der Waals surface area contributed by atoms with E-state index in [9.17, 15) is 0 Å². The zero-order valence-electron chi connectivity index (χ0n) is 12.3. The molecule has 1 aromatic carbocycles. The van der Waals surface area contributed by atoms with Gasteiger partial charge in [-0.05, 0) is 54.3 Å². The highest BCUT2D eigenvalue weighted by Gasteiger charge is 2.36. The van der Waals surface area contributed by atoms with E-state index in [1.54, 1.807) is 11.1 Å². The highest BCUT2D eigenvalue weighted by molar-refractivity contribution is 5.42. The molecule has 1 aliphatic carbocycles. The summed E-state index contributed by atoms with van der Waals surface area (Å²) in [6.45, 7) is 10.3. The molecule has 3 unspecified atom stereocenters. The van der Waals surface area contributed by atoms with Crippen LogP contribution in [0.5, 0.6) is 0 Å². The van der Waals surface area contributed by atoms with Crippen molar-refractivity contribution >= 4 is 0 Å². The van der Waals surface area contributed by atoms with Gasteiger partial charge in [0.2, 0.25) is 0 Å². The van der Waals surface area contributed by atoms with Crippen molar-refractivity contribution in [1.29, 1.82) is 0 Å². The number of nitrogens with one attached hydrogen (secondary N) is 1. The van der Waals surface area contributed by atoms with Crippen LogP contribution >= 0.6 is 0 Å². The Hall–Kier alpha value is -0.820. The lowest BCUT2D eigenvalue weighted by molar-refractivity contribution is 0.362. The maximum atomic E-state index is 3.75. The Morgan fingerprint density at radius 1 is 1.11 bits per heavy atom. The number of fused-ring (bicyclic) bond motifs is 1. The van der Waals surface area contributed by atoms with Gasteiger partial charge in [0.25, 0.3) is 0 Å². The fraction of sp³-hybridized carbons (Fsp3) is 0.647. The van der Waals surface area contributed by atoms with Gasteiger partial charge in [-0.15, -0.1) is 0 Å². The van der Waals surface area contributed by atoms with Gasteiger partial charge in [0.05, 0.1) is 0 Å². The first kappa shape index (κ1) is 13.6. The molecular formula is C17H27N. The highest BCUT2D eigenvalue weighted by atomic mass is 14.9. The zero-order chi connectivity index (χ0) is 13.1. The molecule has 1 N–H and O–H groups in total. The number of hydrogen-bond donors (Lipinski definition) is 1. The molecule has 0 saturated heterocycles. The topological polar surface area (TPSA) is 12.0 Å². The van der Waals surface area contributed by atoms with Gasteiger partial charge >= 0.3 is 0 Å². The molecule has 0 heterocycles. The molecule has 100 valence electrons. The molecule has 0 amide bonds. The Labute approximate surface area is 112 Å². The van der Waals surface area contributed by atoms with Gasteiger partial charge in [-0.3, -0.25) is 0 Å². The molecule has 0 saturated carbocycles. The van der Waals surface area contributed by atoms with Crippen molar-refractivity contribution in [3.05, 3.63) is 34.9 Å². The monoisotopic (exact) mass is 245 g/mol. The van der Waals surface area contributed by atoms with Gasteiger partial charge in [-0.25, -0.2) is 0 Å². The standard InChI is InChI=1S/C17H27N/c1-5-10-18-17-12(4)14(7-3)15-9-8-13(6-2)11-16(15)17/h8-9,11-12,14,17-18H,5-7,10H2,1-4H3. The first-order chi connectivity index (χ1) is 8.72. The van der Waals surface area contributed by atoms with Gasteiger partial charge < -0.3 is 5.32 Å². The third-order valence-electron chi connectivity index (χ3n) is 4.51. The number of rotatable bonds is 5. The van der Waals surface area contributed by atoms with E-state index in [4.69, 9.17) is 0 Å². The van der Waals surface area contributed by atoms with Crippen LogP contribution in [-0.4, -0.2) is 6.54 Å². The van der Waals surface area contributed by atoms with Crippen LogP contribution in [0.25, 0.3) is 0 Å². The van der Waals surface area contributed by atoms with Crippen LogP contribution in [0.2, 0.25) is 0 Å². The van der Waals surface area contributed by atoms with Gasteiger partial charge in [0.1, 0.15) is 0 Å². The lowest BCUT2D eigenvalue weighted by Crippen LogP contribution is -2.25. The Bertz CT molecular complexity index is 397. The molecule has 1 heteroatoms. The molecule has 0 spiro atoms. The molecule has 1 aromatic rings. The molecule has 1 aliphatic rings. The minimum Gasteiger partial charge on any atom is -0.310 e. The Kier molecular flexibility index (Phi) is 4.45. The summed E-state index contributed by atoms with van der Waals surface area (Å²) in [6, 6.07) is 7.70. The summed E-state index contributed by atoms with van der Waals surface area (Å²) in [7, 11) is 0. The maximum absolute atomic E-state index is 3.75. The van der Waals surface area contributed by atoms with E-state index < -0.39 is 0 Å². The highest BCUT2D eigenvalue weighted by Crippen LogP contribution is 2.46. The largest absolute Gasteiger partial charge is 0.310 e. The van der Waals surface area contributed by atoms with Crippen LogP contribution in [0.4, 0.5) is 0 Å². The molecular weight excluding hydrogens is 218 g/mol. The number of benzene rings is 1. The van der Waals surface area contributed by atoms with E-state index in [0.717, 1.165) is 24.8 Å². The lowest BCUT2D eigenvalue weighted by atomic mass is 9.90. The molecule has 18 heavy (non-hydrogen) atoms. The third kappa shape index (κ3) is 2.33. The van der Waals surface area contributed by atoms with Crippen molar-refractivity contribution in [3.63, 3.8) is 0 Å². The molecule has 0 aliphatic heterocycles. The molecule has 3 atom stereocenters. The number of aryl methyl sites for hydroxylation is 1. The fourth-order valence-electron chi connectivity index (χ4n) is 3.44. The summed E-state index contributed by atoms with van der Waals surface area (Å²) in [5.74, 6) is 1.46. The second kappa shape index (κ2) is 5.88. The van der Waals surface area contributed by atoms with E-state index in [1.807, 2.05) is 0 Å². The summed E-state index contributed by atoms with van der Waals surface area (Å²) in [6.07, 6.45) is 3.60. The van der Waals surface area contributed by atoms with Crippen LogP contribution < -0.4 is 5.32 Å². The predicted molar refractivity (Wildman–Crippen MR) is 79.1 cm³/mol. The first-order valence-corrected chi connectivity index (χ1v) is 7.58. The van der Waals surface area contributed by atoms with E-state index in [0.29, 0.717) is 6.04 Å². The van der Waals surface area contributed by atoms with Crippen LogP contribution in [0.15, 0.2) is 18.2 Å². The van der Waals surface area contributed by atoms with Crippen LogP contribution in [0.3, 0.4) is 0 Å². The van der Waals surface area contributed by atoms with Crippen LogP contribution in [0, 0.1) is 5.92 Å². The molecule has 2 rings (SSSR count). The predicted octanol–water partition coefficient (Wildman–Crippen LogP) is 4.43. The normalized spacial score (nSPS) is 26.3. The van der Waals surface area contributed by atoms with Crippen LogP contribution in [0.1, 0.15) is 69.2 Å². The maximum Gasteiger partial charge on any atom is 0.0354 e. The van der Waals surface area contributed by atoms with E-state index in [2.05, 4.69) is 51.2 Å². The van der Waals surface area contributed by atoms with Gasteiger partial charge in [0.15, 0.2) is 0 Å². The molecule has 0 aromatic heterocycles. The molecule has 1 nitrogen and oxygen atoms in total. The Balaban J connectivity index is 2.34. The zero-order valence-corrected chi connectivity index (χ0v) is 12.3. The first-order valence-electron chi connectivity index (χ1n) is 7.58. The average Bonchev–Trinajstić information content (AvgIpc) is 2.67. The van der Waals surface area contributed by atoms with Gasteiger partial charge in [-0.1, -0.05) is 45.9 Å². The second-order valence-corrected chi connectivity index (χ2v) is 5.62. The van der Waals surface area contributed by atoms with Crippen molar-refractivity contribution in [2.75, 3.05) is 6.54 Å². The van der Waals surface area contributed by atoms with Crippen molar-refractivity contribution in [2.24, 2.45) is 5.92 Å². The second-order valence-electron chi connectivity index (χ2n) is 5.62.